The van der Waals surface area contributed by atoms with E-state index >= 15 is 0 Å². The maximum Gasteiger partial charge on any atom is 0.341 e. The summed E-state index contributed by atoms with van der Waals surface area (Å²) in [6.07, 6.45) is 3.47. The second-order valence-corrected chi connectivity index (χ2v) is 3.13. The lowest BCUT2D eigenvalue weighted by Crippen LogP contribution is -2.09. The highest BCUT2D eigenvalue weighted by Gasteiger charge is 2.01. The van der Waals surface area contributed by atoms with Gasteiger partial charge in [0.2, 0.25) is 0 Å². The highest BCUT2D eigenvalue weighted by atomic mass is 16.5. The van der Waals surface area contributed by atoms with Gasteiger partial charge in [-0.1, -0.05) is 6.07 Å². The molecule has 0 spiro atoms. The lowest BCUT2D eigenvalue weighted by Gasteiger charge is -2.05. The van der Waals surface area contributed by atoms with Gasteiger partial charge in [0.15, 0.2) is 6.61 Å². The number of carboxylic acid groups (broad SMARTS) is 1. The highest BCUT2D eigenvalue weighted by molar-refractivity contribution is 5.68. The quantitative estimate of drug-likeness (QED) is 0.840. The van der Waals surface area contributed by atoms with Gasteiger partial charge in [-0.15, -0.1) is 0 Å². The predicted molar refractivity (Wildman–Crippen MR) is 56.7 cm³/mol. The number of hydrogen-bond donors (Lipinski definition) is 1. The van der Waals surface area contributed by atoms with Crippen molar-refractivity contribution in [3.63, 3.8) is 0 Å². The van der Waals surface area contributed by atoms with E-state index in [0.29, 0.717) is 5.75 Å². The molecule has 0 aliphatic carbocycles. The van der Waals surface area contributed by atoms with Gasteiger partial charge in [0.1, 0.15) is 5.75 Å². The number of nitrogens with zero attached hydrogens (tertiary/aromatic N) is 2. The van der Waals surface area contributed by atoms with E-state index in [1.807, 2.05) is 12.1 Å². The molecule has 0 unspecified atom stereocenters. The van der Waals surface area contributed by atoms with Crippen LogP contribution in [0.25, 0.3) is 5.69 Å². The van der Waals surface area contributed by atoms with Crippen LogP contribution in [0, 0.1) is 0 Å². The van der Waals surface area contributed by atoms with Gasteiger partial charge in [0, 0.05) is 18.5 Å². The Morgan fingerprint density at radius 1 is 1.44 bits per heavy atom. The van der Waals surface area contributed by atoms with Crippen LogP contribution in [0.3, 0.4) is 0 Å². The molecule has 82 valence electrons. The number of ether oxygens (including phenoxy) is 1. The van der Waals surface area contributed by atoms with Crippen LogP contribution in [0.2, 0.25) is 0 Å². The predicted octanol–water partition coefficient (Wildman–Crippen LogP) is 1.34. The maximum absolute atomic E-state index is 10.3. The van der Waals surface area contributed by atoms with Crippen molar-refractivity contribution in [1.82, 2.24) is 9.78 Å². The van der Waals surface area contributed by atoms with Gasteiger partial charge in [-0.3, -0.25) is 0 Å². The Labute approximate surface area is 91.9 Å². The molecule has 0 amide bonds. The first-order valence-corrected chi connectivity index (χ1v) is 4.70. The smallest absolute Gasteiger partial charge is 0.341 e. The Bertz CT molecular complexity index is 480. The molecule has 1 heterocycles. The van der Waals surface area contributed by atoms with Crippen LogP contribution in [0.1, 0.15) is 0 Å². The van der Waals surface area contributed by atoms with E-state index in [4.69, 9.17) is 9.84 Å². The zero-order chi connectivity index (χ0) is 11.4. The van der Waals surface area contributed by atoms with E-state index in [0.717, 1.165) is 5.69 Å². The van der Waals surface area contributed by atoms with E-state index in [1.165, 1.54) is 0 Å². The van der Waals surface area contributed by atoms with E-state index < -0.39 is 5.97 Å². The van der Waals surface area contributed by atoms with Crippen LogP contribution >= 0.6 is 0 Å². The molecule has 2 rings (SSSR count). The molecule has 5 nitrogen and oxygen atoms in total. The minimum Gasteiger partial charge on any atom is -0.482 e. The summed E-state index contributed by atoms with van der Waals surface area (Å²) in [4.78, 5) is 10.3. The van der Waals surface area contributed by atoms with Gasteiger partial charge in [0.25, 0.3) is 0 Å². The standard InChI is InChI=1S/C11H10N2O3/c14-11(15)8-16-10-4-1-3-9(7-10)13-6-2-5-12-13/h1-7H,8H2,(H,14,15). The molecule has 0 saturated carbocycles. The summed E-state index contributed by atoms with van der Waals surface area (Å²) in [6.45, 7) is -0.345. The molecule has 1 N–H and O–H groups in total. The number of aliphatic carboxylic acids is 1. The fourth-order valence-corrected chi connectivity index (χ4v) is 1.28. The van der Waals surface area contributed by atoms with Crippen molar-refractivity contribution in [1.29, 1.82) is 0 Å². The molecule has 1 aromatic heterocycles. The third-order valence-electron chi connectivity index (χ3n) is 1.95. The molecule has 16 heavy (non-hydrogen) atoms. The van der Waals surface area contributed by atoms with E-state index in [1.54, 1.807) is 35.3 Å². The minimum absolute atomic E-state index is 0.345. The van der Waals surface area contributed by atoms with Gasteiger partial charge in [0.05, 0.1) is 5.69 Å². The third-order valence-corrected chi connectivity index (χ3v) is 1.95. The van der Waals surface area contributed by atoms with Crippen LogP contribution < -0.4 is 4.74 Å². The van der Waals surface area contributed by atoms with Crippen molar-refractivity contribution in [3.8, 4) is 11.4 Å². The number of hydrogen-bond acceptors (Lipinski definition) is 3. The Kier molecular flexibility index (Phi) is 2.86. The number of benzene rings is 1. The van der Waals surface area contributed by atoms with Gasteiger partial charge < -0.3 is 9.84 Å². The number of carbonyl (C=O) groups is 1. The fraction of sp³-hybridized carbons (Fsp3) is 0.0909. The summed E-state index contributed by atoms with van der Waals surface area (Å²) < 4.78 is 6.74. The van der Waals surface area contributed by atoms with Crippen LogP contribution in [0.4, 0.5) is 0 Å². The largest absolute Gasteiger partial charge is 0.482 e. The first-order valence-electron chi connectivity index (χ1n) is 4.70. The van der Waals surface area contributed by atoms with Crippen molar-refractivity contribution in [2.75, 3.05) is 6.61 Å². The first-order chi connectivity index (χ1) is 7.75. The molecule has 0 radical (unpaired) electrons. The average molecular weight is 218 g/mol. The average Bonchev–Trinajstić information content (AvgIpc) is 2.80. The fourth-order valence-electron chi connectivity index (χ4n) is 1.28. The molecule has 0 saturated heterocycles. The zero-order valence-corrected chi connectivity index (χ0v) is 8.41. The first kappa shape index (κ1) is 10.2. The van der Waals surface area contributed by atoms with E-state index in [-0.39, 0.29) is 6.61 Å². The molecule has 0 bridgehead atoms. The van der Waals surface area contributed by atoms with Crippen LogP contribution in [0.15, 0.2) is 42.7 Å². The molecule has 0 fully saturated rings. The Morgan fingerprint density at radius 3 is 3.00 bits per heavy atom. The van der Waals surface area contributed by atoms with Crippen molar-refractivity contribution < 1.29 is 14.6 Å². The maximum atomic E-state index is 10.3. The third kappa shape index (κ3) is 2.38. The van der Waals surface area contributed by atoms with Crippen LogP contribution in [-0.4, -0.2) is 27.5 Å². The summed E-state index contributed by atoms with van der Waals surface area (Å²) in [6, 6.07) is 8.89. The monoisotopic (exact) mass is 218 g/mol. The molecule has 2 aromatic rings. The van der Waals surface area contributed by atoms with Gasteiger partial charge >= 0.3 is 5.97 Å². The number of aromatic nitrogens is 2. The number of rotatable bonds is 4. The van der Waals surface area contributed by atoms with Crippen molar-refractivity contribution in [2.45, 2.75) is 0 Å². The molecule has 0 aliphatic rings. The van der Waals surface area contributed by atoms with Gasteiger partial charge in [-0.25, -0.2) is 9.48 Å². The van der Waals surface area contributed by atoms with Crippen molar-refractivity contribution >= 4 is 5.97 Å². The minimum atomic E-state index is -0.996. The summed E-state index contributed by atoms with van der Waals surface area (Å²) >= 11 is 0. The lowest BCUT2D eigenvalue weighted by atomic mass is 10.3. The van der Waals surface area contributed by atoms with Crippen molar-refractivity contribution in [2.24, 2.45) is 0 Å². The summed E-state index contributed by atoms with van der Waals surface area (Å²) in [5.41, 5.74) is 0.827. The molecular weight excluding hydrogens is 208 g/mol. The molecule has 1 aromatic carbocycles. The normalized spacial score (nSPS) is 10.0. The molecular formula is C11H10N2O3. The second kappa shape index (κ2) is 4.48. The van der Waals surface area contributed by atoms with Crippen molar-refractivity contribution in [3.05, 3.63) is 42.7 Å². The Hall–Kier alpha value is -2.30. The SMILES string of the molecule is O=C(O)COc1cccc(-n2cccn2)c1. The molecule has 5 heteroatoms. The highest BCUT2D eigenvalue weighted by Crippen LogP contribution is 2.15. The Balaban J connectivity index is 2.17. The van der Waals surface area contributed by atoms with E-state index in [9.17, 15) is 4.79 Å². The lowest BCUT2D eigenvalue weighted by molar-refractivity contribution is -0.139. The second-order valence-electron chi connectivity index (χ2n) is 3.13. The van der Waals surface area contributed by atoms with Gasteiger partial charge in [-0.2, -0.15) is 5.10 Å². The summed E-state index contributed by atoms with van der Waals surface area (Å²) in [5.74, 6) is -0.486. The Morgan fingerprint density at radius 2 is 2.31 bits per heavy atom. The van der Waals surface area contributed by atoms with Gasteiger partial charge in [-0.05, 0) is 18.2 Å². The number of carboxylic acids is 1. The molecule has 0 aliphatic heterocycles. The van der Waals surface area contributed by atoms with Crippen LogP contribution in [-0.2, 0) is 4.79 Å². The summed E-state index contributed by atoms with van der Waals surface area (Å²) in [7, 11) is 0. The topological polar surface area (TPSA) is 64.3 Å². The molecule has 0 atom stereocenters. The van der Waals surface area contributed by atoms with Crippen LogP contribution in [0.5, 0.6) is 5.75 Å². The van der Waals surface area contributed by atoms with E-state index in [2.05, 4.69) is 5.10 Å². The zero-order valence-electron chi connectivity index (χ0n) is 8.41. The summed E-state index contributed by atoms with van der Waals surface area (Å²) in [5, 5.41) is 12.6.